The second-order valence-electron chi connectivity index (χ2n) is 6.75. The summed E-state index contributed by atoms with van der Waals surface area (Å²) in [6.45, 7) is 8.75. The summed E-state index contributed by atoms with van der Waals surface area (Å²) < 4.78 is 23.5. The van der Waals surface area contributed by atoms with Gasteiger partial charge in [-0.3, -0.25) is 0 Å². The molecule has 1 aliphatic heterocycles. The van der Waals surface area contributed by atoms with E-state index in [0.29, 0.717) is 17.6 Å². The first-order valence-electron chi connectivity index (χ1n) is 7.89. The van der Waals surface area contributed by atoms with Gasteiger partial charge >= 0.3 is 0 Å². The van der Waals surface area contributed by atoms with Crippen molar-refractivity contribution in [3.05, 3.63) is 29.3 Å². The maximum atomic E-state index is 11.8. The number of sulfone groups is 1. The predicted molar refractivity (Wildman–Crippen MR) is 89.9 cm³/mol. The summed E-state index contributed by atoms with van der Waals surface area (Å²) in [5, 5.41) is 3.47. The molecule has 1 fully saturated rings. The molecule has 3 nitrogen and oxygen atoms in total. The maximum absolute atomic E-state index is 11.8. The Morgan fingerprint density at radius 2 is 1.86 bits per heavy atom. The van der Waals surface area contributed by atoms with E-state index in [1.807, 2.05) is 0 Å². The van der Waals surface area contributed by atoms with Gasteiger partial charge in [-0.2, -0.15) is 0 Å². The fraction of sp³-hybridized carbons (Fsp3) is 0.647. The molecule has 2 rings (SSSR count). The number of hydrogen-bond donors (Lipinski definition) is 1. The van der Waals surface area contributed by atoms with Crippen LogP contribution >= 0.6 is 0 Å². The van der Waals surface area contributed by atoms with Crippen LogP contribution < -0.4 is 5.32 Å². The molecule has 1 aromatic rings. The van der Waals surface area contributed by atoms with Crippen LogP contribution in [0.3, 0.4) is 0 Å². The molecule has 1 unspecified atom stereocenters. The van der Waals surface area contributed by atoms with Crippen LogP contribution in [-0.2, 0) is 9.84 Å². The Labute approximate surface area is 129 Å². The van der Waals surface area contributed by atoms with E-state index in [1.165, 1.54) is 11.1 Å². The van der Waals surface area contributed by atoms with Crippen molar-refractivity contribution in [2.75, 3.05) is 16.8 Å². The highest BCUT2D eigenvalue weighted by atomic mass is 32.2. The lowest BCUT2D eigenvalue weighted by molar-refractivity contribution is 0.562. The molecule has 0 radical (unpaired) electrons. The lowest BCUT2D eigenvalue weighted by Gasteiger charge is -2.26. The highest BCUT2D eigenvalue weighted by Crippen LogP contribution is 2.30. The number of benzene rings is 1. The number of rotatable bonds is 4. The van der Waals surface area contributed by atoms with Gasteiger partial charge in [0.2, 0.25) is 0 Å². The van der Waals surface area contributed by atoms with Gasteiger partial charge in [0.15, 0.2) is 9.84 Å². The molecule has 0 aromatic heterocycles. The van der Waals surface area contributed by atoms with Gasteiger partial charge in [-0.1, -0.05) is 39.8 Å². The molecule has 1 N–H and O–H groups in total. The molecule has 1 aromatic carbocycles. The van der Waals surface area contributed by atoms with Crippen molar-refractivity contribution in [2.24, 2.45) is 0 Å². The average Bonchev–Trinajstić information content (AvgIpc) is 2.37. The van der Waals surface area contributed by atoms with Gasteiger partial charge in [-0.15, -0.1) is 0 Å². The summed E-state index contributed by atoms with van der Waals surface area (Å²) in [5.74, 6) is 1.53. The second-order valence-corrected chi connectivity index (χ2v) is 8.98. The first-order chi connectivity index (χ1) is 9.78. The van der Waals surface area contributed by atoms with E-state index < -0.39 is 9.84 Å². The fourth-order valence-electron chi connectivity index (χ4n) is 2.91. The van der Waals surface area contributed by atoms with Crippen LogP contribution in [0.2, 0.25) is 0 Å². The van der Waals surface area contributed by atoms with E-state index in [9.17, 15) is 8.42 Å². The molecule has 1 atom stereocenters. The van der Waals surface area contributed by atoms with Crippen LogP contribution in [0, 0.1) is 0 Å². The maximum Gasteiger partial charge on any atom is 0.152 e. The predicted octanol–water partition coefficient (Wildman–Crippen LogP) is 3.92. The Balaban J connectivity index is 2.23. The number of hydrogen-bond acceptors (Lipinski definition) is 3. The van der Waals surface area contributed by atoms with E-state index in [1.54, 1.807) is 0 Å². The summed E-state index contributed by atoms with van der Waals surface area (Å²) in [7, 11) is -2.87. The molecule has 4 heteroatoms. The molecule has 0 spiro atoms. The van der Waals surface area contributed by atoms with Gasteiger partial charge < -0.3 is 5.32 Å². The molecule has 1 saturated heterocycles. The van der Waals surface area contributed by atoms with Crippen molar-refractivity contribution < 1.29 is 8.42 Å². The van der Waals surface area contributed by atoms with E-state index >= 15 is 0 Å². The van der Waals surface area contributed by atoms with E-state index in [0.717, 1.165) is 18.5 Å². The van der Waals surface area contributed by atoms with Gasteiger partial charge in [-0.05, 0) is 41.9 Å². The molecule has 0 amide bonds. The molecule has 1 aliphatic rings. The normalized spacial score (nSPS) is 21.7. The number of anilines is 1. The first kappa shape index (κ1) is 16.3. The molecule has 1 heterocycles. The van der Waals surface area contributed by atoms with E-state index in [-0.39, 0.29) is 11.8 Å². The molecular formula is C17H27NO2S. The largest absolute Gasteiger partial charge is 0.381 e. The molecule has 0 bridgehead atoms. The van der Waals surface area contributed by atoms with Crippen molar-refractivity contribution >= 4 is 15.5 Å². The van der Waals surface area contributed by atoms with Crippen molar-refractivity contribution in [2.45, 2.75) is 58.4 Å². The van der Waals surface area contributed by atoms with Gasteiger partial charge in [0.05, 0.1) is 11.5 Å². The Morgan fingerprint density at radius 3 is 2.43 bits per heavy atom. The van der Waals surface area contributed by atoms with Crippen LogP contribution in [0.25, 0.3) is 0 Å². The molecule has 0 saturated carbocycles. The third kappa shape index (κ3) is 4.22. The van der Waals surface area contributed by atoms with E-state index in [2.05, 4.69) is 51.2 Å². The molecule has 118 valence electrons. The zero-order chi connectivity index (χ0) is 15.6. The van der Waals surface area contributed by atoms with E-state index in [4.69, 9.17) is 0 Å². The van der Waals surface area contributed by atoms with Crippen LogP contribution in [-0.4, -0.2) is 26.0 Å². The zero-order valence-electron chi connectivity index (χ0n) is 13.5. The summed E-state index contributed by atoms with van der Waals surface area (Å²) in [6, 6.07) is 6.57. The summed E-state index contributed by atoms with van der Waals surface area (Å²) >= 11 is 0. The smallest absolute Gasteiger partial charge is 0.152 e. The summed E-state index contributed by atoms with van der Waals surface area (Å²) in [5.41, 5.74) is 3.71. The number of nitrogens with one attached hydrogen (secondary N) is 1. The van der Waals surface area contributed by atoms with Crippen LogP contribution in [0.5, 0.6) is 0 Å². The molecular weight excluding hydrogens is 282 g/mol. The van der Waals surface area contributed by atoms with Crippen molar-refractivity contribution in [3.63, 3.8) is 0 Å². The molecule has 0 aliphatic carbocycles. The highest BCUT2D eigenvalue weighted by molar-refractivity contribution is 7.91. The Kier molecular flexibility index (Phi) is 4.97. The topological polar surface area (TPSA) is 46.2 Å². The van der Waals surface area contributed by atoms with Crippen molar-refractivity contribution in [1.29, 1.82) is 0 Å². The standard InChI is InChI=1S/C17H27NO2S/c1-12(2)14-7-8-17(16(10-14)13(3)4)18-15-6-5-9-21(19,20)11-15/h7-8,10,12-13,15,18H,5-6,9,11H2,1-4H3. The second kappa shape index (κ2) is 6.39. The average molecular weight is 309 g/mol. The highest BCUT2D eigenvalue weighted by Gasteiger charge is 2.25. The minimum absolute atomic E-state index is 0.0474. The van der Waals surface area contributed by atoms with Gasteiger partial charge in [0, 0.05) is 11.7 Å². The monoisotopic (exact) mass is 309 g/mol. The van der Waals surface area contributed by atoms with Crippen molar-refractivity contribution in [3.8, 4) is 0 Å². The summed E-state index contributed by atoms with van der Waals surface area (Å²) in [4.78, 5) is 0. The third-order valence-corrected chi connectivity index (χ3v) is 6.01. The fourth-order valence-corrected chi connectivity index (χ4v) is 4.54. The lowest BCUT2D eigenvalue weighted by atomic mass is 9.94. The van der Waals surface area contributed by atoms with Crippen LogP contribution in [0.15, 0.2) is 18.2 Å². The minimum Gasteiger partial charge on any atom is -0.381 e. The Morgan fingerprint density at radius 1 is 1.14 bits per heavy atom. The minimum atomic E-state index is -2.87. The third-order valence-electron chi connectivity index (χ3n) is 4.19. The van der Waals surface area contributed by atoms with Gasteiger partial charge in [0.25, 0.3) is 0 Å². The van der Waals surface area contributed by atoms with Crippen molar-refractivity contribution in [1.82, 2.24) is 0 Å². The Hall–Kier alpha value is -1.03. The Bertz CT molecular complexity index is 591. The van der Waals surface area contributed by atoms with Gasteiger partial charge in [0.1, 0.15) is 0 Å². The van der Waals surface area contributed by atoms with Gasteiger partial charge in [-0.25, -0.2) is 8.42 Å². The summed E-state index contributed by atoms with van der Waals surface area (Å²) in [6.07, 6.45) is 1.70. The zero-order valence-corrected chi connectivity index (χ0v) is 14.3. The molecule has 21 heavy (non-hydrogen) atoms. The quantitative estimate of drug-likeness (QED) is 0.917. The van der Waals surface area contributed by atoms with Crippen LogP contribution in [0.4, 0.5) is 5.69 Å². The SMILES string of the molecule is CC(C)c1ccc(NC2CCCS(=O)(=O)C2)c(C(C)C)c1. The first-order valence-corrected chi connectivity index (χ1v) is 9.71. The van der Waals surface area contributed by atoms with Crippen LogP contribution in [0.1, 0.15) is 63.5 Å². The lowest BCUT2D eigenvalue weighted by Crippen LogP contribution is -2.35.